The molecule has 0 bridgehead atoms. The highest BCUT2D eigenvalue weighted by Gasteiger charge is 2.65. The lowest BCUT2D eigenvalue weighted by Gasteiger charge is -2.21. The molecule has 22 heavy (non-hydrogen) atoms. The van der Waals surface area contributed by atoms with Gasteiger partial charge in [-0.2, -0.15) is 0 Å². The van der Waals surface area contributed by atoms with E-state index in [9.17, 15) is 14.7 Å². The summed E-state index contributed by atoms with van der Waals surface area (Å²) in [5.41, 5.74) is 0.532. The number of nitrogens with zero attached hydrogens (tertiary/aromatic N) is 1. The number of aliphatic carboxylic acids is 1. The summed E-state index contributed by atoms with van der Waals surface area (Å²) < 4.78 is 5.42. The zero-order valence-electron chi connectivity index (χ0n) is 13.3. The van der Waals surface area contributed by atoms with Crippen molar-refractivity contribution >= 4 is 17.6 Å². The molecule has 2 rings (SSSR count). The Bertz CT molecular complexity index is 600. The van der Waals surface area contributed by atoms with Gasteiger partial charge in [-0.3, -0.25) is 9.59 Å². The lowest BCUT2D eigenvalue weighted by molar-refractivity contribution is -0.141. The molecule has 1 amide bonds. The summed E-state index contributed by atoms with van der Waals surface area (Å²) in [6, 6.07) is 1.78. The maximum Gasteiger partial charge on any atom is 0.307 e. The molecule has 1 saturated carbocycles. The van der Waals surface area contributed by atoms with Crippen LogP contribution in [-0.4, -0.2) is 28.6 Å². The Morgan fingerprint density at radius 2 is 2.23 bits per heavy atom. The molecule has 1 heterocycles. The normalized spacial score (nSPS) is 23.2. The largest absolute Gasteiger partial charge is 0.481 e. The SMILES string of the molecule is CCOc1ncc(C)cc1NC(=O)[C@]1(C(C)C)C[C@@H]1C(=O)O. The van der Waals surface area contributed by atoms with Crippen LogP contribution in [0.1, 0.15) is 32.8 Å². The quantitative estimate of drug-likeness (QED) is 0.843. The minimum absolute atomic E-state index is 0.0538. The topological polar surface area (TPSA) is 88.5 Å². The summed E-state index contributed by atoms with van der Waals surface area (Å²) >= 11 is 0. The predicted molar refractivity (Wildman–Crippen MR) is 81.8 cm³/mol. The third-order valence-corrected chi connectivity index (χ3v) is 4.27. The maximum absolute atomic E-state index is 12.7. The van der Waals surface area contributed by atoms with Gasteiger partial charge in [-0.1, -0.05) is 13.8 Å². The molecule has 6 heteroatoms. The van der Waals surface area contributed by atoms with Crippen molar-refractivity contribution in [2.24, 2.45) is 17.3 Å². The van der Waals surface area contributed by atoms with Crippen molar-refractivity contribution < 1.29 is 19.4 Å². The first kappa shape index (κ1) is 16.3. The van der Waals surface area contributed by atoms with Crippen LogP contribution in [0.3, 0.4) is 0 Å². The number of aryl methyl sites for hydroxylation is 1. The zero-order chi connectivity index (χ0) is 16.5. The third kappa shape index (κ3) is 2.77. The van der Waals surface area contributed by atoms with Crippen molar-refractivity contribution in [3.8, 4) is 5.88 Å². The molecule has 1 aromatic heterocycles. The Labute approximate surface area is 129 Å². The molecule has 1 aliphatic rings. The fourth-order valence-electron chi connectivity index (χ4n) is 2.87. The molecule has 0 spiro atoms. The highest BCUT2D eigenvalue weighted by atomic mass is 16.5. The molecule has 2 atom stereocenters. The summed E-state index contributed by atoms with van der Waals surface area (Å²) in [5.74, 6) is -1.52. The summed E-state index contributed by atoms with van der Waals surface area (Å²) in [7, 11) is 0. The van der Waals surface area contributed by atoms with Crippen LogP contribution in [0.15, 0.2) is 12.3 Å². The average molecular weight is 306 g/mol. The lowest BCUT2D eigenvalue weighted by Crippen LogP contribution is -2.32. The zero-order valence-corrected chi connectivity index (χ0v) is 13.3. The second-order valence-corrected chi connectivity index (χ2v) is 6.04. The van der Waals surface area contributed by atoms with Crippen LogP contribution in [0.4, 0.5) is 5.69 Å². The number of pyridine rings is 1. The van der Waals surface area contributed by atoms with Crippen molar-refractivity contribution in [1.82, 2.24) is 4.98 Å². The van der Waals surface area contributed by atoms with Crippen molar-refractivity contribution in [2.75, 3.05) is 11.9 Å². The second kappa shape index (κ2) is 5.94. The molecule has 0 aromatic carbocycles. The smallest absolute Gasteiger partial charge is 0.307 e. The maximum atomic E-state index is 12.7. The van der Waals surface area contributed by atoms with Crippen LogP contribution in [0.2, 0.25) is 0 Å². The number of rotatable bonds is 6. The molecule has 6 nitrogen and oxygen atoms in total. The van der Waals surface area contributed by atoms with Crippen LogP contribution < -0.4 is 10.1 Å². The summed E-state index contributed by atoms with van der Waals surface area (Å²) in [6.07, 6.45) is 2.03. The number of carbonyl (C=O) groups excluding carboxylic acids is 1. The van der Waals surface area contributed by atoms with Crippen LogP contribution in [0.5, 0.6) is 5.88 Å². The number of carboxylic acid groups (broad SMARTS) is 1. The number of anilines is 1. The van der Waals surface area contributed by atoms with Gasteiger partial charge in [0.25, 0.3) is 0 Å². The first-order valence-electron chi connectivity index (χ1n) is 7.46. The average Bonchev–Trinajstić information content (AvgIpc) is 3.19. The Balaban J connectivity index is 2.25. The van der Waals surface area contributed by atoms with E-state index in [-0.39, 0.29) is 11.8 Å². The molecule has 1 aromatic rings. The van der Waals surface area contributed by atoms with E-state index < -0.39 is 17.3 Å². The standard InChI is InChI=1S/C16H22N2O4/c1-5-22-13-12(6-10(4)8-17-13)18-15(21)16(9(2)3)7-11(16)14(19)20/h6,8-9,11H,5,7H2,1-4H3,(H,18,21)(H,19,20)/t11-,16+/m1/s1. The highest BCUT2D eigenvalue weighted by molar-refractivity contribution is 6.02. The lowest BCUT2D eigenvalue weighted by atomic mass is 9.88. The van der Waals surface area contributed by atoms with Gasteiger partial charge >= 0.3 is 5.97 Å². The minimum atomic E-state index is -0.920. The molecule has 0 radical (unpaired) electrons. The molecular formula is C16H22N2O4. The van der Waals surface area contributed by atoms with Crippen molar-refractivity contribution in [3.63, 3.8) is 0 Å². The number of hydrogen-bond donors (Lipinski definition) is 2. The van der Waals surface area contributed by atoms with E-state index >= 15 is 0 Å². The van der Waals surface area contributed by atoms with Crippen molar-refractivity contribution in [1.29, 1.82) is 0 Å². The van der Waals surface area contributed by atoms with Gasteiger partial charge in [-0.25, -0.2) is 4.98 Å². The van der Waals surface area contributed by atoms with Gasteiger partial charge in [0.15, 0.2) is 0 Å². The summed E-state index contributed by atoms with van der Waals surface area (Å²) in [4.78, 5) is 28.1. The van der Waals surface area contributed by atoms with E-state index in [1.54, 1.807) is 12.3 Å². The van der Waals surface area contributed by atoms with Gasteiger partial charge in [0.2, 0.25) is 11.8 Å². The minimum Gasteiger partial charge on any atom is -0.481 e. The van der Waals surface area contributed by atoms with Crippen LogP contribution in [0, 0.1) is 24.2 Å². The molecular weight excluding hydrogens is 284 g/mol. The molecule has 1 fully saturated rings. The molecule has 0 saturated heterocycles. The van der Waals surface area contributed by atoms with Crippen LogP contribution in [0.25, 0.3) is 0 Å². The number of amides is 1. The number of carboxylic acids is 1. The Morgan fingerprint density at radius 1 is 1.55 bits per heavy atom. The number of carbonyl (C=O) groups is 2. The van der Waals surface area contributed by atoms with Gasteiger partial charge in [0.05, 0.1) is 17.9 Å². The number of nitrogens with one attached hydrogen (secondary N) is 1. The van der Waals surface area contributed by atoms with Crippen LogP contribution in [-0.2, 0) is 9.59 Å². The Morgan fingerprint density at radius 3 is 2.73 bits per heavy atom. The molecule has 0 aliphatic heterocycles. The van der Waals surface area contributed by atoms with Crippen molar-refractivity contribution in [2.45, 2.75) is 34.1 Å². The first-order chi connectivity index (χ1) is 10.3. The van der Waals surface area contributed by atoms with Crippen molar-refractivity contribution in [3.05, 3.63) is 17.8 Å². The first-order valence-corrected chi connectivity index (χ1v) is 7.46. The van der Waals surface area contributed by atoms with E-state index in [1.807, 2.05) is 27.7 Å². The van der Waals surface area contributed by atoms with E-state index in [1.165, 1.54) is 0 Å². The Kier molecular flexibility index (Phi) is 4.39. The predicted octanol–water partition coefficient (Wildman–Crippen LogP) is 2.47. The number of ether oxygens (including phenoxy) is 1. The van der Waals surface area contributed by atoms with Gasteiger partial charge in [-0.15, -0.1) is 0 Å². The third-order valence-electron chi connectivity index (χ3n) is 4.27. The Hall–Kier alpha value is -2.11. The highest BCUT2D eigenvalue weighted by Crippen LogP contribution is 2.58. The van der Waals surface area contributed by atoms with Gasteiger partial charge in [0.1, 0.15) is 5.69 Å². The second-order valence-electron chi connectivity index (χ2n) is 6.04. The van der Waals surface area contributed by atoms with Gasteiger partial charge < -0.3 is 15.2 Å². The number of aromatic nitrogens is 1. The summed E-state index contributed by atoms with van der Waals surface area (Å²) in [5, 5.41) is 12.0. The summed E-state index contributed by atoms with van der Waals surface area (Å²) in [6.45, 7) is 7.89. The van der Waals surface area contributed by atoms with E-state index in [0.29, 0.717) is 24.6 Å². The number of hydrogen-bond acceptors (Lipinski definition) is 4. The van der Waals surface area contributed by atoms with Gasteiger partial charge in [-0.05, 0) is 37.8 Å². The van der Waals surface area contributed by atoms with E-state index in [4.69, 9.17) is 4.74 Å². The van der Waals surface area contributed by atoms with Gasteiger partial charge in [0, 0.05) is 6.20 Å². The fraction of sp³-hybridized carbons (Fsp3) is 0.562. The molecule has 120 valence electrons. The van der Waals surface area contributed by atoms with E-state index in [2.05, 4.69) is 10.3 Å². The molecule has 2 N–H and O–H groups in total. The van der Waals surface area contributed by atoms with E-state index in [0.717, 1.165) is 5.56 Å². The monoisotopic (exact) mass is 306 g/mol. The van der Waals surface area contributed by atoms with Crippen LogP contribution >= 0.6 is 0 Å². The fourth-order valence-corrected chi connectivity index (χ4v) is 2.87. The molecule has 1 aliphatic carbocycles. The molecule has 0 unspecified atom stereocenters.